The molecule has 3 aliphatic rings. The first-order valence-electron chi connectivity index (χ1n) is 6.43. The van der Waals surface area contributed by atoms with Gasteiger partial charge in [-0.3, -0.25) is 4.79 Å². The zero-order valence-electron chi connectivity index (χ0n) is 11.2. The minimum Gasteiger partial charge on any atom is -0.454 e. The number of allylic oxidation sites excluding steroid dienone is 1. The molecule has 0 spiro atoms. The minimum atomic E-state index is -0.841. The van der Waals surface area contributed by atoms with Gasteiger partial charge in [0.25, 0.3) is 0 Å². The maximum absolute atomic E-state index is 12.0. The molecule has 0 fully saturated rings. The molecule has 0 saturated heterocycles. The fourth-order valence-electron chi connectivity index (χ4n) is 3.41. The molecule has 100 valence electrons. The first-order valence-corrected chi connectivity index (χ1v) is 6.43. The molecule has 3 rings (SSSR count). The van der Waals surface area contributed by atoms with Crippen LogP contribution in [-0.2, 0) is 14.3 Å². The second-order valence-electron chi connectivity index (χ2n) is 5.55. The van der Waals surface area contributed by atoms with Crippen LogP contribution in [-0.4, -0.2) is 29.1 Å². The molecular formula is C15H16O4. The Morgan fingerprint density at radius 1 is 1.26 bits per heavy atom. The lowest BCUT2D eigenvalue weighted by Crippen LogP contribution is -2.27. The number of carbonyl (C=O) groups is 2. The van der Waals surface area contributed by atoms with Crippen LogP contribution in [0.1, 0.15) is 27.2 Å². The Morgan fingerprint density at radius 3 is 2.63 bits per heavy atom. The molecule has 19 heavy (non-hydrogen) atoms. The van der Waals surface area contributed by atoms with Crippen LogP contribution < -0.4 is 0 Å². The molecule has 0 aromatic carbocycles. The number of hydrogen-bond donors (Lipinski definition) is 1. The fraction of sp³-hybridized carbons (Fsp3) is 0.467. The number of ketones is 1. The molecule has 4 nitrogen and oxygen atoms in total. The van der Waals surface area contributed by atoms with Crippen molar-refractivity contribution < 1.29 is 19.4 Å². The zero-order valence-corrected chi connectivity index (χ0v) is 11.2. The highest BCUT2D eigenvalue weighted by Gasteiger charge is 2.46. The van der Waals surface area contributed by atoms with E-state index < -0.39 is 12.2 Å². The van der Waals surface area contributed by atoms with Crippen molar-refractivity contribution >= 4 is 11.8 Å². The van der Waals surface area contributed by atoms with E-state index in [9.17, 15) is 14.7 Å². The third-order valence-electron chi connectivity index (χ3n) is 4.35. The predicted octanol–water partition coefficient (Wildman–Crippen LogP) is 1.45. The van der Waals surface area contributed by atoms with Gasteiger partial charge in [0.15, 0.2) is 5.78 Å². The number of aliphatic hydroxyl groups is 1. The highest BCUT2D eigenvalue weighted by atomic mass is 16.5. The van der Waals surface area contributed by atoms with Crippen molar-refractivity contribution in [1.82, 2.24) is 0 Å². The number of ether oxygens (including phenoxy) is 1. The maximum Gasteiger partial charge on any atom is 0.334 e. The molecule has 0 saturated carbocycles. The maximum atomic E-state index is 12.0. The van der Waals surface area contributed by atoms with Crippen LogP contribution in [0.3, 0.4) is 0 Å². The summed E-state index contributed by atoms with van der Waals surface area (Å²) < 4.78 is 5.30. The second-order valence-corrected chi connectivity index (χ2v) is 5.55. The van der Waals surface area contributed by atoms with Crippen LogP contribution in [0.25, 0.3) is 0 Å². The van der Waals surface area contributed by atoms with Crippen molar-refractivity contribution in [3.63, 3.8) is 0 Å². The van der Waals surface area contributed by atoms with Gasteiger partial charge < -0.3 is 9.84 Å². The van der Waals surface area contributed by atoms with E-state index in [0.717, 1.165) is 11.1 Å². The molecule has 0 bridgehead atoms. The Labute approximate surface area is 111 Å². The normalized spacial score (nSPS) is 34.1. The molecule has 0 aromatic rings. The Kier molecular flexibility index (Phi) is 2.54. The molecule has 2 aliphatic carbocycles. The molecule has 0 amide bonds. The Bertz CT molecular complexity index is 591. The van der Waals surface area contributed by atoms with Gasteiger partial charge >= 0.3 is 5.97 Å². The number of rotatable bonds is 0. The number of esters is 1. The topological polar surface area (TPSA) is 63.6 Å². The first-order chi connectivity index (χ1) is 8.91. The van der Waals surface area contributed by atoms with Gasteiger partial charge in [-0.25, -0.2) is 4.79 Å². The van der Waals surface area contributed by atoms with Crippen LogP contribution in [0.5, 0.6) is 0 Å². The summed E-state index contributed by atoms with van der Waals surface area (Å²) in [7, 11) is 0. The molecule has 0 radical (unpaired) electrons. The van der Waals surface area contributed by atoms with E-state index in [1.54, 1.807) is 13.0 Å². The van der Waals surface area contributed by atoms with Crippen molar-refractivity contribution in [2.45, 2.75) is 39.4 Å². The Morgan fingerprint density at radius 2 is 1.95 bits per heavy atom. The van der Waals surface area contributed by atoms with Crippen molar-refractivity contribution in [1.29, 1.82) is 0 Å². The summed E-state index contributed by atoms with van der Waals surface area (Å²) in [5, 5.41) is 10.6. The summed E-state index contributed by atoms with van der Waals surface area (Å²) in [5.41, 5.74) is 3.57. The molecular weight excluding hydrogens is 244 g/mol. The van der Waals surface area contributed by atoms with Gasteiger partial charge in [-0.05, 0) is 26.8 Å². The summed E-state index contributed by atoms with van der Waals surface area (Å²) in [6.45, 7) is 5.40. The Hall–Kier alpha value is -1.68. The third kappa shape index (κ3) is 1.56. The number of aliphatic hydroxyl groups excluding tert-OH is 1. The number of fused-ring (bicyclic) bond motifs is 2. The van der Waals surface area contributed by atoms with E-state index in [1.807, 2.05) is 13.8 Å². The van der Waals surface area contributed by atoms with Crippen molar-refractivity contribution in [2.75, 3.05) is 0 Å². The molecule has 0 aromatic heterocycles. The fourth-order valence-corrected chi connectivity index (χ4v) is 3.41. The van der Waals surface area contributed by atoms with Crippen LogP contribution in [0.2, 0.25) is 0 Å². The van der Waals surface area contributed by atoms with Crippen LogP contribution in [0, 0.1) is 5.92 Å². The standard InChI is InChI=1S/C15H16O4/c1-6-4-9(16)11-7(2)5-10-13(14(17)12(6)11)8(3)15(18)19-10/h4,10,12,14,17H,5H2,1-3H3. The van der Waals surface area contributed by atoms with Gasteiger partial charge in [-0.2, -0.15) is 0 Å². The summed E-state index contributed by atoms with van der Waals surface area (Å²) in [6.07, 6.45) is 0.821. The largest absolute Gasteiger partial charge is 0.454 e. The van der Waals surface area contributed by atoms with E-state index in [4.69, 9.17) is 4.74 Å². The summed E-state index contributed by atoms with van der Waals surface area (Å²) in [6, 6.07) is 0. The lowest BCUT2D eigenvalue weighted by atomic mass is 9.86. The van der Waals surface area contributed by atoms with Gasteiger partial charge in [0.1, 0.15) is 6.10 Å². The van der Waals surface area contributed by atoms with E-state index in [-0.39, 0.29) is 17.7 Å². The quantitative estimate of drug-likeness (QED) is 0.670. The monoisotopic (exact) mass is 260 g/mol. The molecule has 4 heteroatoms. The summed E-state index contributed by atoms with van der Waals surface area (Å²) in [5.74, 6) is -0.707. The van der Waals surface area contributed by atoms with E-state index in [0.29, 0.717) is 23.1 Å². The van der Waals surface area contributed by atoms with Gasteiger partial charge in [0.05, 0.1) is 6.10 Å². The van der Waals surface area contributed by atoms with Crippen LogP contribution in [0.4, 0.5) is 0 Å². The molecule has 1 heterocycles. The summed E-state index contributed by atoms with van der Waals surface area (Å²) >= 11 is 0. The van der Waals surface area contributed by atoms with E-state index >= 15 is 0 Å². The van der Waals surface area contributed by atoms with E-state index in [1.165, 1.54) is 0 Å². The van der Waals surface area contributed by atoms with Crippen molar-refractivity contribution in [3.05, 3.63) is 33.9 Å². The zero-order chi connectivity index (χ0) is 13.9. The van der Waals surface area contributed by atoms with Gasteiger partial charge in [-0.1, -0.05) is 11.1 Å². The molecule has 1 N–H and O–H groups in total. The third-order valence-corrected chi connectivity index (χ3v) is 4.35. The lowest BCUT2D eigenvalue weighted by Gasteiger charge is -2.22. The van der Waals surface area contributed by atoms with Crippen molar-refractivity contribution in [2.24, 2.45) is 5.92 Å². The van der Waals surface area contributed by atoms with Gasteiger partial charge in [0.2, 0.25) is 0 Å². The number of carbonyl (C=O) groups excluding carboxylic acids is 2. The van der Waals surface area contributed by atoms with Crippen LogP contribution in [0.15, 0.2) is 33.9 Å². The van der Waals surface area contributed by atoms with Crippen LogP contribution >= 0.6 is 0 Å². The first kappa shape index (κ1) is 12.4. The lowest BCUT2D eigenvalue weighted by molar-refractivity contribution is -0.139. The smallest absolute Gasteiger partial charge is 0.334 e. The Balaban J connectivity index is 2.16. The molecule has 3 atom stereocenters. The van der Waals surface area contributed by atoms with Gasteiger partial charge in [0, 0.05) is 29.1 Å². The highest BCUT2D eigenvalue weighted by Crippen LogP contribution is 2.44. The average Bonchev–Trinajstić information content (AvgIpc) is 2.72. The highest BCUT2D eigenvalue weighted by molar-refractivity contribution is 6.09. The SMILES string of the molecule is CC1=CC(=O)C2=C(C)CC3OC(=O)C(C)=C3C(O)C12. The van der Waals surface area contributed by atoms with Crippen molar-refractivity contribution in [3.8, 4) is 0 Å². The predicted molar refractivity (Wildman–Crippen MR) is 68.2 cm³/mol. The summed E-state index contributed by atoms with van der Waals surface area (Å²) in [4.78, 5) is 23.7. The number of hydrogen-bond acceptors (Lipinski definition) is 4. The minimum absolute atomic E-state index is 0.0244. The molecule has 1 aliphatic heterocycles. The van der Waals surface area contributed by atoms with Gasteiger partial charge in [-0.15, -0.1) is 0 Å². The second kappa shape index (κ2) is 3.90. The van der Waals surface area contributed by atoms with E-state index in [2.05, 4.69) is 0 Å². The average molecular weight is 260 g/mol. The molecule has 3 unspecified atom stereocenters.